The van der Waals surface area contributed by atoms with E-state index >= 15 is 0 Å². The fraction of sp³-hybridized carbons (Fsp3) is 0.333. The number of hydrogen-bond donors (Lipinski definition) is 2. The van der Waals surface area contributed by atoms with Crippen LogP contribution in [0.15, 0.2) is 63.0 Å². The quantitative estimate of drug-likeness (QED) is 0.488. The summed E-state index contributed by atoms with van der Waals surface area (Å²) in [6, 6.07) is 12.4. The summed E-state index contributed by atoms with van der Waals surface area (Å²) in [5, 5.41) is 6.32. The minimum absolute atomic E-state index is 0.0363. The maximum atomic E-state index is 12.3. The van der Waals surface area contributed by atoms with Gasteiger partial charge >= 0.3 is 0 Å². The molecule has 1 aromatic carbocycles. The van der Waals surface area contributed by atoms with Gasteiger partial charge in [-0.1, -0.05) is 22.0 Å². The molecule has 0 bridgehead atoms. The summed E-state index contributed by atoms with van der Waals surface area (Å²) in [4.78, 5) is 8.94. The molecule has 0 unspecified atom stereocenters. The molecule has 0 atom stereocenters. The number of pyridine rings is 1. The van der Waals surface area contributed by atoms with Gasteiger partial charge in [0.2, 0.25) is 0 Å². The van der Waals surface area contributed by atoms with E-state index in [0.717, 1.165) is 16.6 Å². The fourth-order valence-electron chi connectivity index (χ4n) is 2.23. The summed E-state index contributed by atoms with van der Waals surface area (Å²) in [5.41, 5.74) is 0.994. The Morgan fingerprint density at radius 1 is 1.15 bits per heavy atom. The van der Waals surface area contributed by atoms with Crippen molar-refractivity contribution >= 4 is 31.7 Å². The molecule has 0 aliphatic rings. The van der Waals surface area contributed by atoms with Crippen LogP contribution in [-0.2, 0) is 16.3 Å². The van der Waals surface area contributed by atoms with Gasteiger partial charge in [-0.2, -0.15) is 0 Å². The number of rotatable bonds is 8. The number of halogens is 1. The van der Waals surface area contributed by atoms with Gasteiger partial charge in [0, 0.05) is 35.9 Å². The molecular weight excluding hydrogens is 416 g/mol. The number of benzene rings is 1. The number of aliphatic imine (C=N–C) groups is 1. The lowest BCUT2D eigenvalue weighted by molar-refractivity contribution is 0.596. The summed E-state index contributed by atoms with van der Waals surface area (Å²) in [6.07, 6.45) is 2.53. The van der Waals surface area contributed by atoms with Gasteiger partial charge in [0.05, 0.1) is 17.2 Å². The molecule has 2 rings (SSSR count). The molecule has 0 spiro atoms. The standard InChI is InChI=1S/C18H23BrN4O2S/c1-2-20-18(22-12-10-16-5-3-4-11-21-16)23-13-14-26(24,25)17-8-6-15(19)7-9-17/h3-9,11H,2,10,12-14H2,1H3,(H2,20,22,23). The zero-order chi connectivity index (χ0) is 18.8. The smallest absolute Gasteiger partial charge is 0.191 e. The second kappa shape index (κ2) is 10.3. The lowest BCUT2D eigenvalue weighted by Gasteiger charge is -2.11. The average Bonchev–Trinajstić information content (AvgIpc) is 2.63. The summed E-state index contributed by atoms with van der Waals surface area (Å²) < 4.78 is 25.5. The maximum absolute atomic E-state index is 12.3. The van der Waals surface area contributed by atoms with Crippen LogP contribution in [-0.4, -0.2) is 44.7 Å². The van der Waals surface area contributed by atoms with Crippen LogP contribution in [0.25, 0.3) is 0 Å². The van der Waals surface area contributed by atoms with E-state index in [0.29, 0.717) is 23.9 Å². The molecule has 26 heavy (non-hydrogen) atoms. The summed E-state index contributed by atoms with van der Waals surface area (Å²) in [7, 11) is -3.34. The average molecular weight is 439 g/mol. The Balaban J connectivity index is 1.88. The van der Waals surface area contributed by atoms with Crippen molar-refractivity contribution in [2.75, 3.05) is 25.4 Å². The first-order valence-corrected chi connectivity index (χ1v) is 10.9. The molecule has 0 aliphatic heterocycles. The molecule has 0 saturated carbocycles. The lowest BCUT2D eigenvalue weighted by Crippen LogP contribution is -2.38. The van der Waals surface area contributed by atoms with Crippen LogP contribution in [0.1, 0.15) is 12.6 Å². The molecule has 0 radical (unpaired) electrons. The molecule has 1 aromatic heterocycles. The molecule has 2 aromatic rings. The Kier molecular flexibility index (Phi) is 8.06. The van der Waals surface area contributed by atoms with E-state index in [4.69, 9.17) is 0 Å². The number of hydrogen-bond acceptors (Lipinski definition) is 4. The van der Waals surface area contributed by atoms with E-state index in [1.165, 1.54) is 0 Å². The summed E-state index contributed by atoms with van der Waals surface area (Å²) in [6.45, 7) is 3.53. The third-order valence-electron chi connectivity index (χ3n) is 3.55. The Labute approximate surface area is 163 Å². The molecule has 1 heterocycles. The van der Waals surface area contributed by atoms with Gasteiger partial charge in [-0.3, -0.25) is 9.98 Å². The van der Waals surface area contributed by atoms with E-state index in [2.05, 4.69) is 36.5 Å². The highest BCUT2D eigenvalue weighted by atomic mass is 79.9. The van der Waals surface area contributed by atoms with Crippen molar-refractivity contribution < 1.29 is 8.42 Å². The Hall–Kier alpha value is -1.93. The molecule has 8 heteroatoms. The molecule has 2 N–H and O–H groups in total. The van der Waals surface area contributed by atoms with Crippen molar-refractivity contribution in [3.05, 3.63) is 58.8 Å². The third kappa shape index (κ3) is 6.76. The van der Waals surface area contributed by atoms with Gasteiger partial charge in [-0.25, -0.2) is 8.42 Å². The summed E-state index contributed by atoms with van der Waals surface area (Å²) >= 11 is 3.30. The fourth-order valence-corrected chi connectivity index (χ4v) is 3.62. The SMILES string of the molecule is CCNC(=NCCS(=O)(=O)c1ccc(Br)cc1)NCCc1ccccn1. The highest BCUT2D eigenvalue weighted by molar-refractivity contribution is 9.10. The lowest BCUT2D eigenvalue weighted by atomic mass is 10.3. The second-order valence-corrected chi connectivity index (χ2v) is 8.56. The second-order valence-electron chi connectivity index (χ2n) is 5.53. The van der Waals surface area contributed by atoms with Crippen LogP contribution in [0.4, 0.5) is 0 Å². The van der Waals surface area contributed by atoms with E-state index < -0.39 is 9.84 Å². The van der Waals surface area contributed by atoms with Crippen molar-refractivity contribution in [3.8, 4) is 0 Å². The van der Waals surface area contributed by atoms with Crippen LogP contribution in [0.3, 0.4) is 0 Å². The van der Waals surface area contributed by atoms with Gasteiger partial charge in [0.15, 0.2) is 15.8 Å². The number of nitrogens with zero attached hydrogens (tertiary/aromatic N) is 2. The first kappa shape index (κ1) is 20.4. The van der Waals surface area contributed by atoms with Crippen molar-refractivity contribution in [2.24, 2.45) is 4.99 Å². The molecule has 0 saturated heterocycles. The van der Waals surface area contributed by atoms with E-state index in [9.17, 15) is 8.42 Å². The van der Waals surface area contributed by atoms with Crippen molar-refractivity contribution in [1.29, 1.82) is 0 Å². The predicted octanol–water partition coefficient (Wildman–Crippen LogP) is 2.42. The minimum atomic E-state index is -3.34. The zero-order valence-electron chi connectivity index (χ0n) is 14.7. The topological polar surface area (TPSA) is 83.5 Å². The Morgan fingerprint density at radius 2 is 1.92 bits per heavy atom. The monoisotopic (exact) mass is 438 g/mol. The Morgan fingerprint density at radius 3 is 2.58 bits per heavy atom. The van der Waals surface area contributed by atoms with E-state index in [1.807, 2.05) is 25.1 Å². The zero-order valence-corrected chi connectivity index (χ0v) is 17.1. The number of sulfone groups is 1. The van der Waals surface area contributed by atoms with Crippen LogP contribution in [0.5, 0.6) is 0 Å². The molecule has 0 amide bonds. The van der Waals surface area contributed by atoms with Crippen LogP contribution < -0.4 is 10.6 Å². The highest BCUT2D eigenvalue weighted by Gasteiger charge is 2.13. The largest absolute Gasteiger partial charge is 0.357 e. The first-order chi connectivity index (χ1) is 12.5. The van der Waals surface area contributed by atoms with Crippen molar-refractivity contribution in [2.45, 2.75) is 18.2 Å². The number of nitrogens with one attached hydrogen (secondary N) is 2. The van der Waals surface area contributed by atoms with Crippen LogP contribution >= 0.6 is 15.9 Å². The normalized spacial score (nSPS) is 12.0. The highest BCUT2D eigenvalue weighted by Crippen LogP contribution is 2.15. The summed E-state index contributed by atoms with van der Waals surface area (Å²) in [5.74, 6) is 0.570. The molecule has 0 fully saturated rings. The van der Waals surface area contributed by atoms with Crippen LogP contribution in [0, 0.1) is 0 Å². The van der Waals surface area contributed by atoms with Crippen molar-refractivity contribution in [3.63, 3.8) is 0 Å². The molecule has 6 nitrogen and oxygen atoms in total. The van der Waals surface area contributed by atoms with Gasteiger partial charge in [0.1, 0.15) is 0 Å². The minimum Gasteiger partial charge on any atom is -0.357 e. The van der Waals surface area contributed by atoms with Gasteiger partial charge in [-0.15, -0.1) is 0 Å². The Bertz CT molecular complexity index is 809. The van der Waals surface area contributed by atoms with Gasteiger partial charge in [-0.05, 0) is 43.3 Å². The van der Waals surface area contributed by atoms with Crippen LogP contribution in [0.2, 0.25) is 0 Å². The molecule has 140 valence electrons. The number of guanidine groups is 1. The predicted molar refractivity (Wildman–Crippen MR) is 108 cm³/mol. The van der Waals surface area contributed by atoms with Gasteiger partial charge < -0.3 is 10.6 Å². The maximum Gasteiger partial charge on any atom is 0.191 e. The number of aromatic nitrogens is 1. The van der Waals surface area contributed by atoms with Gasteiger partial charge in [0.25, 0.3) is 0 Å². The first-order valence-electron chi connectivity index (χ1n) is 8.41. The third-order valence-corrected chi connectivity index (χ3v) is 5.79. The van der Waals surface area contributed by atoms with E-state index in [1.54, 1.807) is 30.5 Å². The van der Waals surface area contributed by atoms with E-state index in [-0.39, 0.29) is 12.3 Å². The molecule has 0 aliphatic carbocycles. The molecular formula is C18H23BrN4O2S. The van der Waals surface area contributed by atoms with Crippen molar-refractivity contribution in [1.82, 2.24) is 15.6 Å².